The zero-order valence-corrected chi connectivity index (χ0v) is 15.3. The number of nitrogens with zero attached hydrogens (tertiary/aromatic N) is 2. The molecule has 0 saturated heterocycles. The van der Waals surface area contributed by atoms with Gasteiger partial charge in [0.15, 0.2) is 0 Å². The van der Waals surface area contributed by atoms with E-state index in [2.05, 4.69) is 15.3 Å². The maximum Gasteiger partial charge on any atom is 0.227 e. The summed E-state index contributed by atoms with van der Waals surface area (Å²) in [5.41, 5.74) is 2.74. The van der Waals surface area contributed by atoms with Crippen LogP contribution in [0.3, 0.4) is 0 Å². The lowest BCUT2D eigenvalue weighted by Gasteiger charge is -2.17. The first kappa shape index (κ1) is 18.2. The van der Waals surface area contributed by atoms with Gasteiger partial charge < -0.3 is 5.32 Å². The fourth-order valence-corrected chi connectivity index (χ4v) is 3.42. The number of halogens is 1. The number of hydrogen-bond donors (Lipinski definition) is 1. The summed E-state index contributed by atoms with van der Waals surface area (Å²) >= 11 is 1.60. The van der Waals surface area contributed by atoms with Crippen LogP contribution >= 0.6 is 11.3 Å². The molecule has 3 rings (SSSR count). The Morgan fingerprint density at radius 1 is 1.27 bits per heavy atom. The standard InChI is InChI=1S/C20H20FN3OS/c1-14-24-18(13-26-14)8-10-23-20(25)19(11-15-3-2-9-22-12-15)16-4-6-17(21)7-5-16/h2-7,9,12-13,19H,8,10-11H2,1H3,(H,23,25). The van der Waals surface area contributed by atoms with Gasteiger partial charge >= 0.3 is 0 Å². The number of aryl methyl sites for hydroxylation is 1. The molecule has 0 aliphatic carbocycles. The molecule has 2 heterocycles. The summed E-state index contributed by atoms with van der Waals surface area (Å²) in [7, 11) is 0. The molecule has 134 valence electrons. The predicted octanol–water partition coefficient (Wildman–Crippen LogP) is 3.67. The average molecular weight is 369 g/mol. The molecule has 2 aromatic heterocycles. The smallest absolute Gasteiger partial charge is 0.227 e. The van der Waals surface area contributed by atoms with E-state index in [0.29, 0.717) is 19.4 Å². The molecular weight excluding hydrogens is 349 g/mol. The fourth-order valence-electron chi connectivity index (χ4n) is 2.77. The second kappa shape index (κ2) is 8.67. The minimum absolute atomic E-state index is 0.0765. The number of carbonyl (C=O) groups is 1. The Morgan fingerprint density at radius 2 is 2.08 bits per heavy atom. The molecule has 0 aliphatic rings. The van der Waals surface area contributed by atoms with Crippen molar-refractivity contribution in [3.05, 3.63) is 81.8 Å². The molecule has 0 saturated carbocycles. The van der Waals surface area contributed by atoms with E-state index in [1.165, 1.54) is 12.1 Å². The van der Waals surface area contributed by atoms with Gasteiger partial charge in [0, 0.05) is 30.7 Å². The largest absolute Gasteiger partial charge is 0.355 e. The Labute approximate surface area is 156 Å². The van der Waals surface area contributed by atoms with E-state index in [9.17, 15) is 9.18 Å². The monoisotopic (exact) mass is 369 g/mol. The summed E-state index contributed by atoms with van der Waals surface area (Å²) < 4.78 is 13.3. The van der Waals surface area contributed by atoms with Gasteiger partial charge in [-0.25, -0.2) is 9.37 Å². The molecule has 0 spiro atoms. The van der Waals surface area contributed by atoms with Gasteiger partial charge in [0.05, 0.1) is 16.6 Å². The average Bonchev–Trinajstić information content (AvgIpc) is 3.06. The molecule has 1 N–H and O–H groups in total. The van der Waals surface area contributed by atoms with E-state index in [1.807, 2.05) is 24.4 Å². The Hall–Kier alpha value is -2.60. The van der Waals surface area contributed by atoms with Crippen LogP contribution in [0.15, 0.2) is 54.2 Å². The third kappa shape index (κ3) is 4.95. The van der Waals surface area contributed by atoms with Crippen molar-refractivity contribution in [2.45, 2.75) is 25.7 Å². The number of pyridine rings is 1. The van der Waals surface area contributed by atoms with Gasteiger partial charge in [0.2, 0.25) is 5.91 Å². The first-order chi connectivity index (χ1) is 12.6. The van der Waals surface area contributed by atoms with Crippen LogP contribution in [0.1, 0.15) is 27.7 Å². The minimum atomic E-state index is -0.392. The van der Waals surface area contributed by atoms with Crippen molar-refractivity contribution < 1.29 is 9.18 Å². The van der Waals surface area contributed by atoms with E-state index < -0.39 is 5.92 Å². The lowest BCUT2D eigenvalue weighted by Crippen LogP contribution is -2.32. The molecule has 0 radical (unpaired) electrons. The third-order valence-corrected chi connectivity index (χ3v) is 4.92. The van der Waals surface area contributed by atoms with Crippen molar-refractivity contribution in [2.75, 3.05) is 6.54 Å². The zero-order valence-electron chi connectivity index (χ0n) is 14.5. The van der Waals surface area contributed by atoms with Crippen molar-refractivity contribution in [2.24, 2.45) is 0 Å². The van der Waals surface area contributed by atoms with Gasteiger partial charge in [-0.1, -0.05) is 18.2 Å². The SMILES string of the molecule is Cc1nc(CCNC(=O)C(Cc2cccnc2)c2ccc(F)cc2)cs1. The summed E-state index contributed by atoms with van der Waals surface area (Å²) in [5.74, 6) is -0.780. The number of nitrogens with one attached hydrogen (secondary N) is 1. The quantitative estimate of drug-likeness (QED) is 0.691. The minimum Gasteiger partial charge on any atom is -0.355 e. The number of rotatable bonds is 7. The maximum absolute atomic E-state index is 13.3. The molecule has 6 heteroatoms. The Balaban J connectivity index is 1.69. The van der Waals surface area contributed by atoms with Crippen molar-refractivity contribution in [1.29, 1.82) is 0 Å². The normalized spacial score (nSPS) is 11.9. The van der Waals surface area contributed by atoms with Crippen LogP contribution in [0, 0.1) is 12.7 Å². The van der Waals surface area contributed by atoms with E-state index in [1.54, 1.807) is 35.9 Å². The summed E-state index contributed by atoms with van der Waals surface area (Å²) in [6, 6.07) is 9.89. The Bertz CT molecular complexity index is 849. The van der Waals surface area contributed by atoms with Crippen LogP contribution in [-0.2, 0) is 17.6 Å². The molecule has 1 aromatic carbocycles. The second-order valence-electron chi connectivity index (χ2n) is 6.07. The van der Waals surface area contributed by atoms with Crippen molar-refractivity contribution in [3.63, 3.8) is 0 Å². The second-order valence-corrected chi connectivity index (χ2v) is 7.13. The maximum atomic E-state index is 13.3. The van der Waals surface area contributed by atoms with Crippen LogP contribution in [0.4, 0.5) is 4.39 Å². The number of carbonyl (C=O) groups excluding carboxylic acids is 1. The molecule has 26 heavy (non-hydrogen) atoms. The van der Waals surface area contributed by atoms with Crippen molar-refractivity contribution >= 4 is 17.2 Å². The van der Waals surface area contributed by atoms with E-state index >= 15 is 0 Å². The van der Waals surface area contributed by atoms with E-state index in [-0.39, 0.29) is 11.7 Å². The van der Waals surface area contributed by atoms with Crippen LogP contribution in [-0.4, -0.2) is 22.4 Å². The fraction of sp³-hybridized carbons (Fsp3) is 0.250. The zero-order chi connectivity index (χ0) is 18.4. The Kier molecular flexibility index (Phi) is 6.07. The molecule has 1 atom stereocenters. The number of thiazole rings is 1. The first-order valence-electron chi connectivity index (χ1n) is 8.45. The lowest BCUT2D eigenvalue weighted by atomic mass is 9.91. The van der Waals surface area contributed by atoms with Crippen molar-refractivity contribution in [1.82, 2.24) is 15.3 Å². The van der Waals surface area contributed by atoms with Gasteiger partial charge in [0.25, 0.3) is 0 Å². The number of benzene rings is 1. The van der Waals surface area contributed by atoms with Crippen molar-refractivity contribution in [3.8, 4) is 0 Å². The molecule has 1 amide bonds. The third-order valence-electron chi connectivity index (χ3n) is 4.10. The highest BCUT2D eigenvalue weighted by molar-refractivity contribution is 7.09. The molecular formula is C20H20FN3OS. The summed E-state index contributed by atoms with van der Waals surface area (Å²) in [5, 5.41) is 6.01. The summed E-state index contributed by atoms with van der Waals surface area (Å²) in [6.45, 7) is 2.48. The molecule has 0 aliphatic heterocycles. The highest BCUT2D eigenvalue weighted by Gasteiger charge is 2.21. The van der Waals surface area contributed by atoms with Gasteiger partial charge in [-0.15, -0.1) is 11.3 Å². The van der Waals surface area contributed by atoms with Gasteiger partial charge in [0.1, 0.15) is 5.82 Å². The van der Waals surface area contributed by atoms with Gasteiger partial charge in [-0.2, -0.15) is 0 Å². The molecule has 0 fully saturated rings. The molecule has 4 nitrogen and oxygen atoms in total. The number of amides is 1. The molecule has 1 unspecified atom stereocenters. The lowest BCUT2D eigenvalue weighted by molar-refractivity contribution is -0.122. The number of aromatic nitrogens is 2. The van der Waals surface area contributed by atoms with Crippen LogP contribution < -0.4 is 5.32 Å². The summed E-state index contributed by atoms with van der Waals surface area (Å²) in [6.07, 6.45) is 4.66. The summed E-state index contributed by atoms with van der Waals surface area (Å²) in [4.78, 5) is 21.3. The van der Waals surface area contributed by atoms with E-state index in [4.69, 9.17) is 0 Å². The first-order valence-corrected chi connectivity index (χ1v) is 9.33. The van der Waals surface area contributed by atoms with Crippen LogP contribution in [0.2, 0.25) is 0 Å². The van der Waals surface area contributed by atoms with Gasteiger partial charge in [-0.3, -0.25) is 9.78 Å². The molecule has 3 aromatic rings. The topological polar surface area (TPSA) is 54.9 Å². The Morgan fingerprint density at radius 3 is 2.73 bits per heavy atom. The number of hydrogen-bond acceptors (Lipinski definition) is 4. The highest BCUT2D eigenvalue weighted by Crippen LogP contribution is 2.21. The van der Waals surface area contributed by atoms with Crippen LogP contribution in [0.5, 0.6) is 0 Å². The molecule has 0 bridgehead atoms. The van der Waals surface area contributed by atoms with Gasteiger partial charge in [-0.05, 0) is 42.7 Å². The predicted molar refractivity (Wildman–Crippen MR) is 101 cm³/mol. The highest BCUT2D eigenvalue weighted by atomic mass is 32.1. The van der Waals surface area contributed by atoms with Crippen LogP contribution in [0.25, 0.3) is 0 Å². The van der Waals surface area contributed by atoms with E-state index in [0.717, 1.165) is 21.8 Å².